The van der Waals surface area contributed by atoms with Gasteiger partial charge >= 0.3 is 0 Å². The maximum atomic E-state index is 10.9. The number of hydrogen-bond donors (Lipinski definition) is 0. The quantitative estimate of drug-likeness (QED) is 0.653. The van der Waals surface area contributed by atoms with E-state index in [1.165, 1.54) is 11.3 Å². The minimum atomic E-state index is 0.382. The molecule has 0 saturated heterocycles. The van der Waals surface area contributed by atoms with Gasteiger partial charge < -0.3 is 0 Å². The van der Waals surface area contributed by atoms with Gasteiger partial charge in [-0.25, -0.2) is 0 Å². The second-order valence-electron chi connectivity index (χ2n) is 3.85. The summed E-state index contributed by atoms with van der Waals surface area (Å²) in [7, 11) is 1.95. The van der Waals surface area contributed by atoms with Gasteiger partial charge in [-0.15, -0.1) is 0 Å². The highest BCUT2D eigenvalue weighted by Gasteiger charge is 2.31. The molecule has 13 heavy (non-hydrogen) atoms. The smallest absolute Gasteiger partial charge is 0.134 e. The fourth-order valence-corrected chi connectivity index (χ4v) is 2.07. The molecule has 1 aliphatic carbocycles. The molecular formula is C10H14N2O. The number of aromatic nitrogens is 2. The van der Waals surface area contributed by atoms with Crippen molar-refractivity contribution in [1.82, 2.24) is 9.78 Å². The van der Waals surface area contributed by atoms with Gasteiger partial charge in [0.2, 0.25) is 0 Å². The number of rotatable bonds is 1. The maximum absolute atomic E-state index is 10.9. The van der Waals surface area contributed by atoms with Crippen LogP contribution in [0.3, 0.4) is 0 Å². The molecule has 3 heteroatoms. The molecule has 1 fully saturated rings. The van der Waals surface area contributed by atoms with Gasteiger partial charge in [-0.1, -0.05) is 0 Å². The number of Topliss-reactive ketones (excluding diaryl/α,β-unsaturated/α-hetero) is 1. The summed E-state index contributed by atoms with van der Waals surface area (Å²) in [5.41, 5.74) is 3.58. The Morgan fingerprint density at radius 3 is 2.38 bits per heavy atom. The first kappa shape index (κ1) is 8.48. The lowest BCUT2D eigenvalue weighted by atomic mass is 9.78. The van der Waals surface area contributed by atoms with E-state index in [4.69, 9.17) is 0 Å². The average Bonchev–Trinajstić information content (AvgIpc) is 2.22. The SMILES string of the molecule is Cc1nn(C)c(C)c1C1CC(=O)C1. The standard InChI is InChI=1S/C10H14N2O/c1-6-10(7(2)12(3)11-6)8-4-9(13)5-8/h8H,4-5H2,1-3H3. The molecule has 0 unspecified atom stereocenters. The minimum absolute atomic E-state index is 0.382. The van der Waals surface area contributed by atoms with Crippen molar-refractivity contribution < 1.29 is 4.79 Å². The van der Waals surface area contributed by atoms with Crippen molar-refractivity contribution in [1.29, 1.82) is 0 Å². The van der Waals surface area contributed by atoms with E-state index in [-0.39, 0.29) is 0 Å². The van der Waals surface area contributed by atoms with E-state index < -0.39 is 0 Å². The van der Waals surface area contributed by atoms with Gasteiger partial charge in [0.1, 0.15) is 5.78 Å². The lowest BCUT2D eigenvalue weighted by molar-refractivity contribution is -0.124. The van der Waals surface area contributed by atoms with Crippen LogP contribution in [0.4, 0.5) is 0 Å². The second kappa shape index (κ2) is 2.69. The van der Waals surface area contributed by atoms with E-state index in [1.54, 1.807) is 0 Å². The molecule has 0 N–H and O–H groups in total. The summed E-state index contributed by atoms with van der Waals surface area (Å²) < 4.78 is 1.90. The topological polar surface area (TPSA) is 34.9 Å². The summed E-state index contributed by atoms with van der Waals surface area (Å²) in [4.78, 5) is 10.9. The molecule has 0 aromatic carbocycles. The van der Waals surface area contributed by atoms with E-state index in [1.807, 2.05) is 18.7 Å². The number of carbonyl (C=O) groups excluding carboxylic acids is 1. The fraction of sp³-hybridized carbons (Fsp3) is 0.600. The van der Waals surface area contributed by atoms with Crippen molar-refractivity contribution >= 4 is 5.78 Å². The summed E-state index contributed by atoms with van der Waals surface area (Å²) in [5.74, 6) is 0.828. The van der Waals surface area contributed by atoms with E-state index in [0.717, 1.165) is 5.69 Å². The molecule has 1 aromatic rings. The first-order chi connectivity index (χ1) is 6.09. The lowest BCUT2D eigenvalue weighted by Crippen LogP contribution is -2.22. The zero-order chi connectivity index (χ0) is 9.59. The fourth-order valence-electron chi connectivity index (χ4n) is 2.07. The Morgan fingerprint density at radius 1 is 1.38 bits per heavy atom. The van der Waals surface area contributed by atoms with Crippen LogP contribution in [-0.2, 0) is 11.8 Å². The highest BCUT2D eigenvalue weighted by atomic mass is 16.1. The second-order valence-corrected chi connectivity index (χ2v) is 3.85. The van der Waals surface area contributed by atoms with Crippen LogP contribution in [0, 0.1) is 13.8 Å². The summed E-state index contributed by atoms with van der Waals surface area (Å²) >= 11 is 0. The number of ketones is 1. The summed E-state index contributed by atoms with van der Waals surface area (Å²) in [6.07, 6.45) is 1.43. The molecule has 0 atom stereocenters. The van der Waals surface area contributed by atoms with Crippen LogP contribution in [0.2, 0.25) is 0 Å². The summed E-state index contributed by atoms with van der Waals surface area (Å²) in [6.45, 7) is 4.09. The molecule has 1 saturated carbocycles. The molecule has 1 aromatic heterocycles. The lowest BCUT2D eigenvalue weighted by Gasteiger charge is -2.24. The van der Waals surface area contributed by atoms with Crippen LogP contribution in [0.25, 0.3) is 0 Å². The molecule has 1 heterocycles. The molecule has 0 bridgehead atoms. The van der Waals surface area contributed by atoms with Gasteiger partial charge in [0.15, 0.2) is 0 Å². The molecule has 0 radical (unpaired) electrons. The van der Waals surface area contributed by atoms with Gasteiger partial charge in [0.05, 0.1) is 5.69 Å². The molecule has 70 valence electrons. The van der Waals surface area contributed by atoms with Crippen LogP contribution in [0.5, 0.6) is 0 Å². The number of carbonyl (C=O) groups is 1. The van der Waals surface area contributed by atoms with Gasteiger partial charge in [-0.3, -0.25) is 9.48 Å². The molecule has 0 aliphatic heterocycles. The molecule has 0 amide bonds. The Kier molecular flexibility index (Phi) is 1.75. The molecule has 3 nitrogen and oxygen atoms in total. The van der Waals surface area contributed by atoms with Crippen molar-refractivity contribution in [2.45, 2.75) is 32.6 Å². The third-order valence-corrected chi connectivity index (χ3v) is 2.92. The maximum Gasteiger partial charge on any atom is 0.134 e. The molecule has 0 spiro atoms. The van der Waals surface area contributed by atoms with Crippen LogP contribution in [0.1, 0.15) is 35.7 Å². The molecular weight excluding hydrogens is 164 g/mol. The predicted octanol–water partition coefficient (Wildman–Crippen LogP) is 1.48. The highest BCUT2D eigenvalue weighted by Crippen LogP contribution is 2.36. The third kappa shape index (κ3) is 1.19. The largest absolute Gasteiger partial charge is 0.300 e. The average molecular weight is 178 g/mol. The molecule has 1 aliphatic rings. The zero-order valence-corrected chi connectivity index (χ0v) is 8.29. The van der Waals surface area contributed by atoms with Crippen molar-refractivity contribution in [3.8, 4) is 0 Å². The Labute approximate surface area is 77.7 Å². The van der Waals surface area contributed by atoms with Gasteiger partial charge in [0, 0.05) is 31.5 Å². The third-order valence-electron chi connectivity index (χ3n) is 2.92. The van der Waals surface area contributed by atoms with Crippen LogP contribution >= 0.6 is 0 Å². The van der Waals surface area contributed by atoms with Crippen LogP contribution in [0.15, 0.2) is 0 Å². The Bertz CT molecular complexity index is 357. The van der Waals surface area contributed by atoms with Crippen LogP contribution in [-0.4, -0.2) is 15.6 Å². The molecule has 2 rings (SSSR count). The Balaban J connectivity index is 2.34. The van der Waals surface area contributed by atoms with Crippen molar-refractivity contribution in [3.63, 3.8) is 0 Å². The van der Waals surface area contributed by atoms with Crippen molar-refractivity contribution in [2.75, 3.05) is 0 Å². The first-order valence-corrected chi connectivity index (χ1v) is 4.61. The Morgan fingerprint density at radius 2 is 2.00 bits per heavy atom. The highest BCUT2D eigenvalue weighted by molar-refractivity contribution is 5.86. The summed E-state index contributed by atoms with van der Waals surface area (Å²) in [5, 5.41) is 4.34. The van der Waals surface area contributed by atoms with Crippen molar-refractivity contribution in [3.05, 3.63) is 17.0 Å². The number of hydrogen-bond acceptors (Lipinski definition) is 2. The van der Waals surface area contributed by atoms with E-state index in [9.17, 15) is 4.79 Å². The van der Waals surface area contributed by atoms with E-state index in [0.29, 0.717) is 24.5 Å². The summed E-state index contributed by atoms with van der Waals surface area (Å²) in [6, 6.07) is 0. The normalized spacial score (nSPS) is 17.6. The van der Waals surface area contributed by atoms with Crippen molar-refractivity contribution in [2.24, 2.45) is 7.05 Å². The zero-order valence-electron chi connectivity index (χ0n) is 8.29. The number of nitrogens with zero attached hydrogens (tertiary/aromatic N) is 2. The van der Waals surface area contributed by atoms with E-state index in [2.05, 4.69) is 12.0 Å². The van der Waals surface area contributed by atoms with E-state index >= 15 is 0 Å². The monoisotopic (exact) mass is 178 g/mol. The first-order valence-electron chi connectivity index (χ1n) is 4.61. The van der Waals surface area contributed by atoms with Gasteiger partial charge in [-0.2, -0.15) is 5.10 Å². The van der Waals surface area contributed by atoms with Gasteiger partial charge in [-0.05, 0) is 19.4 Å². The van der Waals surface area contributed by atoms with Gasteiger partial charge in [0.25, 0.3) is 0 Å². The minimum Gasteiger partial charge on any atom is -0.300 e. The van der Waals surface area contributed by atoms with Crippen LogP contribution < -0.4 is 0 Å². The number of aryl methyl sites for hydroxylation is 2. The Hall–Kier alpha value is -1.12. The predicted molar refractivity (Wildman–Crippen MR) is 49.7 cm³/mol.